The van der Waals surface area contributed by atoms with E-state index in [-0.39, 0.29) is 0 Å². The minimum atomic E-state index is -0.563. The van der Waals surface area contributed by atoms with Crippen LogP contribution in [0.1, 0.15) is 57.6 Å². The van der Waals surface area contributed by atoms with Gasteiger partial charge in [-0.15, -0.1) is 0 Å². The molecule has 1 aliphatic heterocycles. The average Bonchev–Trinajstić information content (AvgIpc) is 2.95. The number of hydrogen-bond acceptors (Lipinski definition) is 3. The number of hydrogen-bond donors (Lipinski definition) is 0. The molecule has 3 heteroatoms. The van der Waals surface area contributed by atoms with E-state index in [1.165, 1.54) is 5.56 Å². The fourth-order valence-electron chi connectivity index (χ4n) is 2.61. The number of ether oxygens (including phenoxy) is 3. The standard InChI is InChI=1S/C17H26O3/c1-5-9-18-16-8-7-14(12-15(16)13(3)4)17(6-2)19-10-11-20-17/h7-8,12-13H,5-6,9-11H2,1-4H3. The predicted molar refractivity (Wildman–Crippen MR) is 80.2 cm³/mol. The molecule has 1 fully saturated rings. The van der Waals surface area contributed by atoms with Gasteiger partial charge in [0.25, 0.3) is 0 Å². The van der Waals surface area contributed by atoms with E-state index in [0.29, 0.717) is 19.1 Å². The van der Waals surface area contributed by atoms with Crippen molar-refractivity contribution in [2.45, 2.75) is 52.2 Å². The summed E-state index contributed by atoms with van der Waals surface area (Å²) in [6.45, 7) is 10.7. The third-order valence-corrected chi connectivity index (χ3v) is 3.75. The van der Waals surface area contributed by atoms with Crippen LogP contribution in [0, 0.1) is 0 Å². The smallest absolute Gasteiger partial charge is 0.194 e. The quantitative estimate of drug-likeness (QED) is 0.780. The molecule has 3 nitrogen and oxygen atoms in total. The van der Waals surface area contributed by atoms with Crippen LogP contribution in [0.25, 0.3) is 0 Å². The first kappa shape index (κ1) is 15.3. The summed E-state index contributed by atoms with van der Waals surface area (Å²) in [6.07, 6.45) is 1.84. The SMILES string of the molecule is CCCOc1ccc(C2(CC)OCCO2)cc1C(C)C. The third kappa shape index (κ3) is 2.99. The second kappa shape index (κ2) is 6.59. The topological polar surface area (TPSA) is 27.7 Å². The van der Waals surface area contributed by atoms with Gasteiger partial charge in [-0.2, -0.15) is 0 Å². The number of rotatable bonds is 6. The van der Waals surface area contributed by atoms with Crippen molar-refractivity contribution >= 4 is 0 Å². The first-order chi connectivity index (χ1) is 9.63. The minimum absolute atomic E-state index is 0.414. The molecule has 0 radical (unpaired) electrons. The Kier molecular flexibility index (Phi) is 5.06. The van der Waals surface area contributed by atoms with E-state index in [9.17, 15) is 0 Å². The monoisotopic (exact) mass is 278 g/mol. The van der Waals surface area contributed by atoms with Gasteiger partial charge < -0.3 is 14.2 Å². The summed E-state index contributed by atoms with van der Waals surface area (Å²) in [5.41, 5.74) is 2.33. The van der Waals surface area contributed by atoms with Gasteiger partial charge in [0.2, 0.25) is 0 Å². The fraction of sp³-hybridized carbons (Fsp3) is 0.647. The molecule has 0 atom stereocenters. The third-order valence-electron chi connectivity index (χ3n) is 3.75. The Bertz CT molecular complexity index is 434. The molecular weight excluding hydrogens is 252 g/mol. The van der Waals surface area contributed by atoms with E-state index >= 15 is 0 Å². The Morgan fingerprint density at radius 2 is 1.90 bits per heavy atom. The fourth-order valence-corrected chi connectivity index (χ4v) is 2.61. The highest BCUT2D eigenvalue weighted by Crippen LogP contribution is 2.38. The highest BCUT2D eigenvalue weighted by atomic mass is 16.7. The van der Waals surface area contributed by atoms with Crippen molar-refractivity contribution in [3.05, 3.63) is 29.3 Å². The lowest BCUT2D eigenvalue weighted by Crippen LogP contribution is -2.26. The minimum Gasteiger partial charge on any atom is -0.493 e. The molecule has 0 N–H and O–H groups in total. The van der Waals surface area contributed by atoms with Gasteiger partial charge in [-0.1, -0.05) is 27.7 Å². The van der Waals surface area contributed by atoms with Crippen LogP contribution in [-0.4, -0.2) is 19.8 Å². The second-order valence-corrected chi connectivity index (χ2v) is 5.56. The molecule has 0 aromatic heterocycles. The zero-order chi connectivity index (χ0) is 14.6. The van der Waals surface area contributed by atoms with Crippen molar-refractivity contribution in [3.63, 3.8) is 0 Å². The van der Waals surface area contributed by atoms with Crippen molar-refractivity contribution in [1.82, 2.24) is 0 Å². The van der Waals surface area contributed by atoms with Crippen LogP contribution in [0.5, 0.6) is 5.75 Å². The zero-order valence-corrected chi connectivity index (χ0v) is 13.1. The van der Waals surface area contributed by atoms with Gasteiger partial charge in [-0.25, -0.2) is 0 Å². The van der Waals surface area contributed by atoms with Crippen LogP contribution < -0.4 is 4.74 Å². The Labute approximate surface area is 122 Å². The molecule has 1 heterocycles. The lowest BCUT2D eigenvalue weighted by molar-refractivity contribution is -0.167. The van der Waals surface area contributed by atoms with Crippen LogP contribution in [0.3, 0.4) is 0 Å². The van der Waals surface area contributed by atoms with Crippen LogP contribution in [0.4, 0.5) is 0 Å². The van der Waals surface area contributed by atoms with E-state index < -0.39 is 5.79 Å². The summed E-state index contributed by atoms with van der Waals surface area (Å²) >= 11 is 0. The maximum atomic E-state index is 5.87. The predicted octanol–water partition coefficient (Wildman–Crippen LogP) is 4.21. The van der Waals surface area contributed by atoms with Crippen molar-refractivity contribution in [1.29, 1.82) is 0 Å². The van der Waals surface area contributed by atoms with Crippen LogP contribution in [0.15, 0.2) is 18.2 Å². The van der Waals surface area contributed by atoms with Crippen molar-refractivity contribution in [2.24, 2.45) is 0 Å². The van der Waals surface area contributed by atoms with E-state index in [1.54, 1.807) is 0 Å². The molecule has 2 rings (SSSR count). The Morgan fingerprint density at radius 1 is 1.20 bits per heavy atom. The highest BCUT2D eigenvalue weighted by Gasteiger charge is 2.37. The molecule has 0 spiro atoms. The first-order valence-electron chi connectivity index (χ1n) is 7.68. The van der Waals surface area contributed by atoms with Gasteiger partial charge >= 0.3 is 0 Å². The second-order valence-electron chi connectivity index (χ2n) is 5.56. The van der Waals surface area contributed by atoms with Gasteiger partial charge in [-0.05, 0) is 36.1 Å². The van der Waals surface area contributed by atoms with Crippen molar-refractivity contribution < 1.29 is 14.2 Å². The largest absolute Gasteiger partial charge is 0.493 e. The van der Waals surface area contributed by atoms with E-state index in [4.69, 9.17) is 14.2 Å². The molecule has 20 heavy (non-hydrogen) atoms. The van der Waals surface area contributed by atoms with Gasteiger partial charge in [0.1, 0.15) is 5.75 Å². The summed E-state index contributed by atoms with van der Waals surface area (Å²) in [7, 11) is 0. The molecule has 112 valence electrons. The molecule has 1 aromatic carbocycles. The Hall–Kier alpha value is -1.06. The Balaban J connectivity index is 2.34. The summed E-state index contributed by atoms with van der Waals surface area (Å²) in [5, 5.41) is 0. The molecule has 0 amide bonds. The van der Waals surface area contributed by atoms with Gasteiger partial charge in [0, 0.05) is 12.0 Å². The number of benzene rings is 1. The summed E-state index contributed by atoms with van der Waals surface area (Å²) in [4.78, 5) is 0. The summed E-state index contributed by atoms with van der Waals surface area (Å²) in [6, 6.07) is 6.32. The maximum Gasteiger partial charge on any atom is 0.194 e. The lowest BCUT2D eigenvalue weighted by Gasteiger charge is -2.28. The molecule has 1 saturated heterocycles. The molecule has 0 aliphatic carbocycles. The van der Waals surface area contributed by atoms with E-state index in [0.717, 1.165) is 30.8 Å². The van der Waals surface area contributed by atoms with Gasteiger partial charge in [0.15, 0.2) is 5.79 Å². The molecule has 0 unspecified atom stereocenters. The molecule has 0 saturated carbocycles. The van der Waals surface area contributed by atoms with E-state index in [1.807, 2.05) is 0 Å². The molecule has 1 aromatic rings. The first-order valence-corrected chi connectivity index (χ1v) is 7.68. The normalized spacial score (nSPS) is 17.6. The highest BCUT2D eigenvalue weighted by molar-refractivity contribution is 5.41. The van der Waals surface area contributed by atoms with Crippen molar-refractivity contribution in [2.75, 3.05) is 19.8 Å². The lowest BCUT2D eigenvalue weighted by atomic mass is 9.95. The van der Waals surface area contributed by atoms with Gasteiger partial charge in [-0.3, -0.25) is 0 Å². The molecule has 1 aliphatic rings. The van der Waals surface area contributed by atoms with E-state index in [2.05, 4.69) is 45.9 Å². The molecule has 0 bridgehead atoms. The molecular formula is C17H26O3. The van der Waals surface area contributed by atoms with Crippen LogP contribution in [0.2, 0.25) is 0 Å². The average molecular weight is 278 g/mol. The van der Waals surface area contributed by atoms with Crippen molar-refractivity contribution in [3.8, 4) is 5.75 Å². The summed E-state index contributed by atoms with van der Waals surface area (Å²) < 4.78 is 17.6. The Morgan fingerprint density at radius 3 is 2.45 bits per heavy atom. The maximum absolute atomic E-state index is 5.87. The van der Waals surface area contributed by atoms with Crippen LogP contribution >= 0.6 is 0 Å². The summed E-state index contributed by atoms with van der Waals surface area (Å²) in [5.74, 6) is 0.833. The van der Waals surface area contributed by atoms with Crippen LogP contribution in [-0.2, 0) is 15.3 Å². The zero-order valence-electron chi connectivity index (χ0n) is 13.1. The van der Waals surface area contributed by atoms with Gasteiger partial charge in [0.05, 0.1) is 19.8 Å².